The molecule has 3 nitrogen and oxygen atoms in total. The maximum atomic E-state index is 10.5. The van der Waals surface area contributed by atoms with Gasteiger partial charge in [0.1, 0.15) is 0 Å². The van der Waals surface area contributed by atoms with E-state index < -0.39 is 12.2 Å². The second kappa shape index (κ2) is 5.06. The molecular weight excluding hydrogens is 288 g/mol. The minimum atomic E-state index is -0.638. The third kappa shape index (κ3) is 2.34. The molecule has 0 radical (unpaired) electrons. The summed E-state index contributed by atoms with van der Waals surface area (Å²) < 4.78 is 6.60. The molecule has 3 rings (SSSR count). The van der Waals surface area contributed by atoms with E-state index in [0.29, 0.717) is 18.3 Å². The lowest BCUT2D eigenvalue weighted by atomic mass is 9.43. The van der Waals surface area contributed by atoms with E-state index in [9.17, 15) is 10.2 Å². The van der Waals surface area contributed by atoms with Gasteiger partial charge in [0.25, 0.3) is 0 Å². The van der Waals surface area contributed by atoms with Crippen molar-refractivity contribution in [1.29, 1.82) is 0 Å². The van der Waals surface area contributed by atoms with E-state index in [2.05, 4.69) is 41.2 Å². The lowest BCUT2D eigenvalue weighted by Crippen LogP contribution is -2.66. The molecule has 2 aliphatic carbocycles. The SMILES string of the molecule is C=C[C@@]1(C)CC[C@@H]2[C@@]3(C)CC(O)C(O)C(C)(C)[C@@H]3CC[C@@]2(C)O1. The van der Waals surface area contributed by atoms with Gasteiger partial charge in [-0.25, -0.2) is 0 Å². The molecule has 132 valence electrons. The van der Waals surface area contributed by atoms with Crippen molar-refractivity contribution in [3.05, 3.63) is 12.7 Å². The largest absolute Gasteiger partial charge is 0.390 e. The van der Waals surface area contributed by atoms with Crippen molar-refractivity contribution in [2.24, 2.45) is 22.7 Å². The van der Waals surface area contributed by atoms with Gasteiger partial charge < -0.3 is 14.9 Å². The van der Waals surface area contributed by atoms with Crippen LogP contribution in [0.25, 0.3) is 0 Å². The molecule has 3 heteroatoms. The Morgan fingerprint density at radius 1 is 1.00 bits per heavy atom. The van der Waals surface area contributed by atoms with E-state index in [0.717, 1.165) is 25.7 Å². The van der Waals surface area contributed by atoms with Gasteiger partial charge in [0.15, 0.2) is 0 Å². The van der Waals surface area contributed by atoms with Gasteiger partial charge in [-0.15, -0.1) is 6.58 Å². The Morgan fingerprint density at radius 3 is 2.22 bits per heavy atom. The molecule has 0 spiro atoms. The molecule has 0 bridgehead atoms. The van der Waals surface area contributed by atoms with Crippen molar-refractivity contribution in [3.63, 3.8) is 0 Å². The summed E-state index contributed by atoms with van der Waals surface area (Å²) in [5, 5.41) is 21.1. The second-order valence-corrected chi connectivity index (χ2v) is 9.66. The number of aliphatic hydroxyl groups excluding tert-OH is 2. The summed E-state index contributed by atoms with van der Waals surface area (Å²) in [7, 11) is 0. The minimum absolute atomic E-state index is 0.0116. The molecule has 1 aliphatic heterocycles. The number of rotatable bonds is 1. The molecule has 7 atom stereocenters. The maximum absolute atomic E-state index is 10.5. The molecular formula is C20H34O3. The molecule has 0 aromatic carbocycles. The molecule has 1 heterocycles. The topological polar surface area (TPSA) is 49.7 Å². The van der Waals surface area contributed by atoms with Crippen molar-refractivity contribution < 1.29 is 14.9 Å². The van der Waals surface area contributed by atoms with Crippen LogP contribution >= 0.6 is 0 Å². The Kier molecular flexibility index (Phi) is 3.84. The molecule has 3 aliphatic rings. The van der Waals surface area contributed by atoms with E-state index in [-0.39, 0.29) is 22.0 Å². The number of hydrogen-bond acceptors (Lipinski definition) is 3. The Morgan fingerprint density at radius 2 is 1.61 bits per heavy atom. The standard InChI is InChI=1S/C20H34O3/c1-7-18(4)10-8-15-19(5)12-13(21)16(22)17(2,3)14(19)9-11-20(15,6)23-18/h7,13-16,21-22H,1,8-12H2,2-6H3/t13?,14-,15+,16?,18-,19-,20+/m0/s1. The van der Waals surface area contributed by atoms with Gasteiger partial charge in [-0.1, -0.05) is 26.8 Å². The first kappa shape index (κ1) is 17.4. The van der Waals surface area contributed by atoms with Crippen molar-refractivity contribution >= 4 is 0 Å². The van der Waals surface area contributed by atoms with Crippen molar-refractivity contribution in [2.45, 2.75) is 90.1 Å². The monoisotopic (exact) mass is 322 g/mol. The quantitative estimate of drug-likeness (QED) is 0.724. The Bertz CT molecular complexity index is 501. The van der Waals surface area contributed by atoms with Gasteiger partial charge in [0.05, 0.1) is 23.4 Å². The van der Waals surface area contributed by atoms with Crippen LogP contribution in [-0.2, 0) is 4.74 Å². The summed E-state index contributed by atoms with van der Waals surface area (Å²) >= 11 is 0. The molecule has 1 saturated heterocycles. The Balaban J connectivity index is 1.98. The predicted octanol–water partition coefficient (Wildman–Crippen LogP) is 3.68. The highest BCUT2D eigenvalue weighted by atomic mass is 16.5. The molecule has 2 saturated carbocycles. The van der Waals surface area contributed by atoms with Crippen LogP contribution in [0.2, 0.25) is 0 Å². The molecule has 0 aromatic rings. The summed E-state index contributed by atoms with van der Waals surface area (Å²) in [5.74, 6) is 0.839. The molecule has 3 fully saturated rings. The van der Waals surface area contributed by atoms with Crippen molar-refractivity contribution in [2.75, 3.05) is 0 Å². The number of ether oxygens (including phenoxy) is 1. The van der Waals surface area contributed by atoms with Crippen LogP contribution in [0.3, 0.4) is 0 Å². The summed E-state index contributed by atoms with van der Waals surface area (Å²) in [5.41, 5.74) is -0.647. The first-order valence-electron chi connectivity index (χ1n) is 9.18. The van der Waals surface area contributed by atoms with Gasteiger partial charge in [-0.3, -0.25) is 0 Å². The zero-order valence-corrected chi connectivity index (χ0v) is 15.4. The van der Waals surface area contributed by atoms with E-state index in [1.807, 2.05) is 6.08 Å². The van der Waals surface area contributed by atoms with E-state index in [1.54, 1.807) is 0 Å². The molecule has 2 N–H and O–H groups in total. The van der Waals surface area contributed by atoms with Crippen LogP contribution < -0.4 is 0 Å². The summed E-state index contributed by atoms with van der Waals surface area (Å²) in [6, 6.07) is 0. The van der Waals surface area contributed by atoms with Gasteiger partial charge >= 0.3 is 0 Å². The highest BCUT2D eigenvalue weighted by molar-refractivity contribution is 5.15. The maximum Gasteiger partial charge on any atom is 0.0852 e. The summed E-state index contributed by atoms with van der Waals surface area (Å²) in [4.78, 5) is 0. The normalized spacial score (nSPS) is 55.6. The van der Waals surface area contributed by atoms with E-state index >= 15 is 0 Å². The van der Waals surface area contributed by atoms with Crippen LogP contribution in [0.4, 0.5) is 0 Å². The van der Waals surface area contributed by atoms with Gasteiger partial charge in [-0.2, -0.15) is 0 Å². The fraction of sp³-hybridized carbons (Fsp3) is 0.900. The first-order valence-corrected chi connectivity index (χ1v) is 9.18. The Labute approximate surface area is 141 Å². The van der Waals surface area contributed by atoms with Crippen LogP contribution in [0, 0.1) is 22.7 Å². The van der Waals surface area contributed by atoms with Gasteiger partial charge in [0, 0.05) is 0 Å². The number of hydrogen-bond donors (Lipinski definition) is 2. The summed E-state index contributed by atoms with van der Waals surface area (Å²) in [6.45, 7) is 14.9. The fourth-order valence-corrected chi connectivity index (χ4v) is 6.56. The van der Waals surface area contributed by atoms with Crippen molar-refractivity contribution in [3.8, 4) is 0 Å². The predicted molar refractivity (Wildman–Crippen MR) is 92.1 cm³/mol. The van der Waals surface area contributed by atoms with Gasteiger partial charge in [0.2, 0.25) is 0 Å². The first-order chi connectivity index (χ1) is 10.5. The third-order valence-electron chi connectivity index (χ3n) is 7.76. The van der Waals surface area contributed by atoms with E-state index in [4.69, 9.17) is 4.74 Å². The molecule has 2 unspecified atom stereocenters. The average Bonchev–Trinajstić information content (AvgIpc) is 2.43. The van der Waals surface area contributed by atoms with Crippen LogP contribution in [0.5, 0.6) is 0 Å². The fourth-order valence-electron chi connectivity index (χ4n) is 6.56. The smallest absolute Gasteiger partial charge is 0.0852 e. The zero-order chi connectivity index (χ0) is 17.3. The number of fused-ring (bicyclic) bond motifs is 3. The third-order valence-corrected chi connectivity index (χ3v) is 7.76. The summed E-state index contributed by atoms with van der Waals surface area (Å²) in [6.07, 6.45) is 5.52. The molecule has 23 heavy (non-hydrogen) atoms. The number of aliphatic hydroxyl groups is 2. The van der Waals surface area contributed by atoms with Crippen LogP contribution in [-0.4, -0.2) is 33.6 Å². The minimum Gasteiger partial charge on any atom is -0.390 e. The molecule has 0 amide bonds. The lowest BCUT2D eigenvalue weighted by molar-refractivity contribution is -0.275. The van der Waals surface area contributed by atoms with Crippen molar-refractivity contribution in [1.82, 2.24) is 0 Å². The van der Waals surface area contributed by atoms with Gasteiger partial charge in [-0.05, 0) is 68.6 Å². The average molecular weight is 322 g/mol. The highest BCUT2D eigenvalue weighted by Crippen LogP contribution is 2.65. The second-order valence-electron chi connectivity index (χ2n) is 9.66. The van der Waals surface area contributed by atoms with E-state index in [1.165, 1.54) is 0 Å². The molecule has 0 aromatic heterocycles. The van der Waals surface area contributed by atoms with Crippen LogP contribution in [0.15, 0.2) is 12.7 Å². The highest BCUT2D eigenvalue weighted by Gasteiger charge is 2.64. The Hall–Kier alpha value is -0.380. The zero-order valence-electron chi connectivity index (χ0n) is 15.4. The lowest BCUT2D eigenvalue weighted by Gasteiger charge is -2.66. The van der Waals surface area contributed by atoms with Crippen LogP contribution in [0.1, 0.15) is 66.7 Å².